The van der Waals surface area contributed by atoms with E-state index in [4.69, 9.17) is 4.98 Å². The lowest BCUT2D eigenvalue weighted by Crippen LogP contribution is -2.39. The van der Waals surface area contributed by atoms with Crippen LogP contribution in [0.2, 0.25) is 0 Å². The molecule has 0 saturated heterocycles. The number of hydrogen-bond acceptors (Lipinski definition) is 10. The van der Waals surface area contributed by atoms with Gasteiger partial charge in [-0.05, 0) is 107 Å². The summed E-state index contributed by atoms with van der Waals surface area (Å²) < 4.78 is 0. The van der Waals surface area contributed by atoms with E-state index in [2.05, 4.69) is 20.8 Å². The SMILES string of the molecule is CCCCSc1cc2c(c(SCCCC)c1SCCCC)C(=O)N(c1ccc(CN3C(=O)c4cccc5cccc(c45)C3=O)c3ccc(C(C=O)C(=O)c4cc5ccccc5cc4C)nc13)C2=O. The molecule has 0 aliphatic carbocycles. The zero-order valence-corrected chi connectivity index (χ0v) is 41.0. The number of amides is 4. The molecule has 0 N–H and O–H groups in total. The number of carbonyl (C=O) groups is 6. The van der Waals surface area contributed by atoms with Gasteiger partial charge in [0.1, 0.15) is 12.2 Å². The Kier molecular flexibility index (Phi) is 14.0. The Labute approximate surface area is 408 Å². The molecule has 68 heavy (non-hydrogen) atoms. The summed E-state index contributed by atoms with van der Waals surface area (Å²) in [5.74, 6) is -1.12. The van der Waals surface area contributed by atoms with Crippen molar-refractivity contribution in [3.05, 3.63) is 148 Å². The number of aryl methyl sites for hydroxylation is 1. The van der Waals surface area contributed by atoms with Gasteiger partial charge in [0.15, 0.2) is 5.78 Å². The third-order valence-corrected chi connectivity index (χ3v) is 16.5. The number of Topliss-reactive ketones (excluding diaryl/α,β-unsaturated/α-hetero) is 1. The Balaban J connectivity index is 1.19. The van der Waals surface area contributed by atoms with Gasteiger partial charge in [-0.2, -0.15) is 0 Å². The number of thioether (sulfide) groups is 3. The van der Waals surface area contributed by atoms with E-state index >= 15 is 9.59 Å². The molecular weight excluding hydrogens is 907 g/mol. The molecule has 1 aromatic heterocycles. The molecule has 0 spiro atoms. The molecule has 2 aliphatic heterocycles. The van der Waals surface area contributed by atoms with Crippen LogP contribution in [0.5, 0.6) is 0 Å². The van der Waals surface area contributed by atoms with E-state index in [0.717, 1.165) is 86.6 Å². The van der Waals surface area contributed by atoms with E-state index in [1.807, 2.05) is 55.5 Å². The summed E-state index contributed by atoms with van der Waals surface area (Å²) in [5, 5.41) is 3.65. The van der Waals surface area contributed by atoms with Gasteiger partial charge in [-0.3, -0.25) is 28.9 Å². The molecule has 0 bridgehead atoms. The van der Waals surface area contributed by atoms with Crippen molar-refractivity contribution in [2.24, 2.45) is 0 Å². The van der Waals surface area contributed by atoms with E-state index < -0.39 is 35.3 Å². The minimum absolute atomic E-state index is 0.130. The molecule has 344 valence electrons. The van der Waals surface area contributed by atoms with Crippen molar-refractivity contribution < 1.29 is 28.8 Å². The van der Waals surface area contributed by atoms with Gasteiger partial charge >= 0.3 is 0 Å². The molecular formula is C56H51N3O6S3. The van der Waals surface area contributed by atoms with Crippen molar-refractivity contribution in [1.82, 2.24) is 9.88 Å². The smallest absolute Gasteiger partial charge is 0.267 e. The summed E-state index contributed by atoms with van der Waals surface area (Å²) in [6, 6.07) is 30.7. The van der Waals surface area contributed by atoms with E-state index in [1.165, 1.54) is 9.80 Å². The van der Waals surface area contributed by atoms with Gasteiger partial charge in [0.2, 0.25) is 0 Å². The first-order valence-electron chi connectivity index (χ1n) is 23.4. The summed E-state index contributed by atoms with van der Waals surface area (Å²) in [4.78, 5) is 96.5. The molecule has 2 aliphatic rings. The Bertz CT molecular complexity index is 3170. The minimum Gasteiger partial charge on any atom is -0.302 e. The second-order valence-electron chi connectivity index (χ2n) is 17.3. The lowest BCUT2D eigenvalue weighted by atomic mass is 9.90. The first kappa shape index (κ1) is 47.0. The van der Waals surface area contributed by atoms with Crippen LogP contribution in [0.15, 0.2) is 118 Å². The first-order valence-corrected chi connectivity index (χ1v) is 26.3. The van der Waals surface area contributed by atoms with Crippen molar-refractivity contribution in [2.75, 3.05) is 22.2 Å². The van der Waals surface area contributed by atoms with E-state index in [0.29, 0.717) is 56.0 Å². The number of anilines is 1. The largest absolute Gasteiger partial charge is 0.302 e. The van der Waals surface area contributed by atoms with Crippen molar-refractivity contribution in [3.8, 4) is 0 Å². The number of aromatic nitrogens is 1. The average molecular weight is 958 g/mol. The van der Waals surface area contributed by atoms with Gasteiger partial charge in [0.25, 0.3) is 23.6 Å². The fourth-order valence-corrected chi connectivity index (χ4v) is 13.3. The highest BCUT2D eigenvalue weighted by Gasteiger charge is 2.42. The zero-order chi connectivity index (χ0) is 47.6. The molecule has 1 atom stereocenters. The average Bonchev–Trinajstić information content (AvgIpc) is 3.59. The minimum atomic E-state index is -1.33. The molecule has 0 saturated carbocycles. The maximum Gasteiger partial charge on any atom is 0.267 e. The number of rotatable bonds is 19. The summed E-state index contributed by atoms with van der Waals surface area (Å²) >= 11 is 5.09. The van der Waals surface area contributed by atoms with Gasteiger partial charge in [-0.1, -0.05) is 107 Å². The highest BCUT2D eigenvalue weighted by Crippen LogP contribution is 2.47. The molecule has 9 nitrogen and oxygen atoms in total. The van der Waals surface area contributed by atoms with E-state index in [9.17, 15) is 19.2 Å². The number of imide groups is 2. The molecule has 12 heteroatoms. The highest BCUT2D eigenvalue weighted by atomic mass is 32.2. The summed E-state index contributed by atoms with van der Waals surface area (Å²) in [7, 11) is 0. The van der Waals surface area contributed by atoms with Crippen LogP contribution in [-0.2, 0) is 11.3 Å². The maximum atomic E-state index is 15.2. The van der Waals surface area contributed by atoms with Gasteiger partial charge in [-0.25, -0.2) is 9.88 Å². The summed E-state index contributed by atoms with van der Waals surface area (Å²) in [6.45, 7) is 8.13. The molecule has 0 fully saturated rings. The Morgan fingerprint density at radius 1 is 0.647 bits per heavy atom. The lowest BCUT2D eigenvalue weighted by Gasteiger charge is -2.28. The lowest BCUT2D eigenvalue weighted by molar-refractivity contribution is -0.108. The van der Waals surface area contributed by atoms with Crippen molar-refractivity contribution >= 4 is 109 Å². The maximum absolute atomic E-state index is 15.2. The molecule has 6 aromatic carbocycles. The van der Waals surface area contributed by atoms with Crippen molar-refractivity contribution in [2.45, 2.75) is 93.4 Å². The summed E-state index contributed by atoms with van der Waals surface area (Å²) in [6.07, 6.45) is 6.56. The summed E-state index contributed by atoms with van der Waals surface area (Å²) in [5.41, 5.74) is 3.60. The zero-order valence-electron chi connectivity index (χ0n) is 38.6. The van der Waals surface area contributed by atoms with Gasteiger partial charge in [-0.15, -0.1) is 35.3 Å². The van der Waals surface area contributed by atoms with Crippen LogP contribution in [0.25, 0.3) is 32.4 Å². The number of carbonyl (C=O) groups excluding carboxylic acids is 6. The van der Waals surface area contributed by atoms with E-state index in [-0.39, 0.29) is 23.4 Å². The topological polar surface area (TPSA) is 122 Å². The third kappa shape index (κ3) is 8.56. The third-order valence-electron chi connectivity index (χ3n) is 12.8. The molecule has 7 aromatic rings. The predicted molar refractivity (Wildman–Crippen MR) is 276 cm³/mol. The van der Waals surface area contributed by atoms with Crippen LogP contribution in [0, 0.1) is 6.92 Å². The van der Waals surface area contributed by atoms with Gasteiger partial charge in [0, 0.05) is 42.1 Å². The molecule has 1 unspecified atom stereocenters. The van der Waals surface area contributed by atoms with E-state index in [1.54, 1.807) is 89.9 Å². The van der Waals surface area contributed by atoms with Crippen LogP contribution in [-0.4, -0.2) is 62.8 Å². The second-order valence-corrected chi connectivity index (χ2v) is 20.6. The van der Waals surface area contributed by atoms with Crippen LogP contribution in [0.1, 0.15) is 134 Å². The number of fused-ring (bicyclic) bond motifs is 3. The van der Waals surface area contributed by atoms with Crippen LogP contribution >= 0.6 is 35.3 Å². The Hall–Kier alpha value is -6.08. The number of unbranched alkanes of at least 4 members (excludes halogenated alkanes) is 3. The highest BCUT2D eigenvalue weighted by molar-refractivity contribution is 8.03. The van der Waals surface area contributed by atoms with Gasteiger partial charge in [0.05, 0.1) is 34.6 Å². The van der Waals surface area contributed by atoms with Crippen LogP contribution in [0.3, 0.4) is 0 Å². The van der Waals surface area contributed by atoms with Crippen LogP contribution in [0.4, 0.5) is 5.69 Å². The van der Waals surface area contributed by atoms with Crippen LogP contribution < -0.4 is 4.90 Å². The fraction of sp³-hybridized carbons (Fsp3) is 0.268. The quantitative estimate of drug-likeness (QED) is 0.0193. The first-order chi connectivity index (χ1) is 33.1. The predicted octanol–water partition coefficient (Wildman–Crippen LogP) is 13.3. The Morgan fingerprint density at radius 3 is 1.91 bits per heavy atom. The van der Waals surface area contributed by atoms with Crippen molar-refractivity contribution in [3.63, 3.8) is 0 Å². The van der Waals surface area contributed by atoms with Gasteiger partial charge < -0.3 is 4.79 Å². The molecule has 3 heterocycles. The number of nitrogens with zero attached hydrogens (tertiary/aromatic N) is 3. The number of hydrogen-bond donors (Lipinski definition) is 0. The standard InChI is InChI=1S/C56H51N3O6S3/c1-5-8-25-66-46-30-42-48(52(68-27-10-7-3)51(46)67-26-9-6-2)56(65)59(55(42)64)45-24-21-37(31-58-53(62)39-19-13-17-34-18-14-20-40(47(34)39)54(58)63)38-22-23-44(57-49(38)45)43(32-60)50(61)41-29-36-16-12-11-15-35(36)28-33(41)4/h11-24,28-30,32,43H,5-10,25-27,31H2,1-4H3. The Morgan fingerprint density at radius 2 is 1.26 bits per heavy atom. The number of pyridine rings is 1. The molecule has 9 rings (SSSR count). The second kappa shape index (κ2) is 20.3. The number of ketones is 1. The molecule has 0 radical (unpaired) electrons. The molecule has 4 amide bonds. The monoisotopic (exact) mass is 957 g/mol. The number of aldehydes is 1. The fourth-order valence-electron chi connectivity index (χ4n) is 9.10. The number of benzene rings is 6. The normalized spacial score (nSPS) is 13.9. The van der Waals surface area contributed by atoms with Crippen molar-refractivity contribution in [1.29, 1.82) is 0 Å².